The predicted octanol–water partition coefficient (Wildman–Crippen LogP) is 7.01. The number of benzene rings is 2. The molecule has 0 radical (unpaired) electrons. The van der Waals surface area contributed by atoms with E-state index in [2.05, 4.69) is 15.3 Å². The average molecular weight is 477 g/mol. The summed E-state index contributed by atoms with van der Waals surface area (Å²) in [5, 5.41) is 4.13. The number of aromatic nitrogens is 2. The molecule has 4 rings (SSSR count). The van der Waals surface area contributed by atoms with Crippen LogP contribution in [0.2, 0.25) is 0 Å². The second-order valence-electron chi connectivity index (χ2n) is 7.44. The third kappa shape index (κ3) is 4.90. The van der Waals surface area contributed by atoms with Crippen LogP contribution in [-0.2, 0) is 18.8 Å². The monoisotopic (exact) mass is 477 g/mol. The molecule has 4 nitrogen and oxygen atoms in total. The summed E-state index contributed by atoms with van der Waals surface area (Å²) in [7, 11) is 1.51. The molecule has 0 saturated carbocycles. The van der Waals surface area contributed by atoms with Crippen LogP contribution in [0, 0.1) is 0 Å². The number of pyridine rings is 2. The molecule has 2 aromatic heterocycles. The molecule has 0 aliphatic carbocycles. The van der Waals surface area contributed by atoms with E-state index < -0.39 is 23.5 Å². The van der Waals surface area contributed by atoms with E-state index in [4.69, 9.17) is 4.74 Å². The molecule has 176 valence electrons. The summed E-state index contributed by atoms with van der Waals surface area (Å²) in [5.74, 6) is 0.695. The normalized spacial score (nSPS) is 12.1. The number of ether oxygens (including phenoxy) is 1. The first-order valence-electron chi connectivity index (χ1n) is 9.97. The number of fused-ring (bicyclic) bond motifs is 1. The molecule has 0 bridgehead atoms. The molecule has 10 heteroatoms. The molecule has 0 fully saturated rings. The maximum atomic E-state index is 13.3. The summed E-state index contributed by atoms with van der Waals surface area (Å²) < 4.78 is 84.2. The standard InChI is InChI=1S/C24H17F6N3O/c1-34-21-9-6-14(12-31-21)10-15-13-32-22(18-5-3-2-4-17(15)18)33-16-7-8-19(23(25,26)27)20(11-16)24(28,29)30/h2-9,11-13H,10H2,1H3,(H,32,33). The van der Waals surface area contributed by atoms with Crippen LogP contribution in [0.5, 0.6) is 5.88 Å². The topological polar surface area (TPSA) is 47.0 Å². The second-order valence-corrected chi connectivity index (χ2v) is 7.44. The zero-order valence-corrected chi connectivity index (χ0v) is 17.6. The van der Waals surface area contributed by atoms with Crippen LogP contribution in [-0.4, -0.2) is 17.1 Å². The van der Waals surface area contributed by atoms with Crippen molar-refractivity contribution in [3.05, 3.63) is 89.2 Å². The summed E-state index contributed by atoms with van der Waals surface area (Å²) in [5.41, 5.74) is -1.93. The largest absolute Gasteiger partial charge is 0.481 e. The van der Waals surface area contributed by atoms with E-state index in [0.29, 0.717) is 29.8 Å². The van der Waals surface area contributed by atoms with Gasteiger partial charge in [-0.05, 0) is 34.7 Å². The zero-order valence-electron chi connectivity index (χ0n) is 17.6. The molecular weight excluding hydrogens is 460 g/mol. The summed E-state index contributed by atoms with van der Waals surface area (Å²) in [6.45, 7) is 0. The van der Waals surface area contributed by atoms with Crippen LogP contribution in [0.15, 0.2) is 67.0 Å². The Balaban J connectivity index is 1.70. The van der Waals surface area contributed by atoms with Gasteiger partial charge in [0.25, 0.3) is 0 Å². The summed E-state index contributed by atoms with van der Waals surface area (Å²) in [6.07, 6.45) is -6.58. The lowest BCUT2D eigenvalue weighted by atomic mass is 10.0. The predicted molar refractivity (Wildman–Crippen MR) is 115 cm³/mol. The lowest BCUT2D eigenvalue weighted by Crippen LogP contribution is -2.16. The number of hydrogen-bond donors (Lipinski definition) is 1. The van der Waals surface area contributed by atoms with Crippen molar-refractivity contribution in [2.75, 3.05) is 12.4 Å². The maximum absolute atomic E-state index is 13.3. The lowest BCUT2D eigenvalue weighted by molar-refractivity contribution is -0.162. The van der Waals surface area contributed by atoms with Crippen LogP contribution < -0.4 is 10.1 Å². The van der Waals surface area contributed by atoms with E-state index in [1.165, 1.54) is 7.11 Å². The Kier molecular flexibility index (Phi) is 6.07. The van der Waals surface area contributed by atoms with Gasteiger partial charge in [-0.2, -0.15) is 26.3 Å². The minimum atomic E-state index is -5.17. The first-order chi connectivity index (χ1) is 16.1. The van der Waals surface area contributed by atoms with Gasteiger partial charge >= 0.3 is 12.4 Å². The van der Waals surface area contributed by atoms with Gasteiger partial charge in [0.05, 0.1) is 18.2 Å². The highest BCUT2D eigenvalue weighted by atomic mass is 19.4. The summed E-state index contributed by atoms with van der Waals surface area (Å²) in [6, 6.07) is 12.5. The van der Waals surface area contributed by atoms with Crippen molar-refractivity contribution < 1.29 is 31.1 Å². The number of halogens is 6. The van der Waals surface area contributed by atoms with E-state index in [-0.39, 0.29) is 11.5 Å². The van der Waals surface area contributed by atoms with Crippen LogP contribution in [0.25, 0.3) is 10.8 Å². The Hall–Kier alpha value is -3.82. The van der Waals surface area contributed by atoms with Gasteiger partial charge in [0.1, 0.15) is 5.82 Å². The molecule has 2 heterocycles. The maximum Gasteiger partial charge on any atom is 0.417 e. The number of hydrogen-bond acceptors (Lipinski definition) is 4. The zero-order chi connectivity index (χ0) is 24.5. The lowest BCUT2D eigenvalue weighted by Gasteiger charge is -2.18. The molecule has 0 amide bonds. The van der Waals surface area contributed by atoms with Crippen molar-refractivity contribution in [2.24, 2.45) is 0 Å². The first kappa shape index (κ1) is 23.3. The van der Waals surface area contributed by atoms with Gasteiger partial charge in [-0.15, -0.1) is 0 Å². The molecule has 1 N–H and O–H groups in total. The van der Waals surface area contributed by atoms with Crippen molar-refractivity contribution in [3.63, 3.8) is 0 Å². The van der Waals surface area contributed by atoms with Crippen LogP contribution in [0.4, 0.5) is 37.8 Å². The quantitative estimate of drug-likeness (QED) is 0.314. The Morgan fingerprint density at radius 1 is 0.794 bits per heavy atom. The minimum Gasteiger partial charge on any atom is -0.481 e. The Morgan fingerprint density at radius 3 is 2.12 bits per heavy atom. The first-order valence-corrected chi connectivity index (χ1v) is 9.97. The van der Waals surface area contributed by atoms with Crippen LogP contribution >= 0.6 is 0 Å². The Morgan fingerprint density at radius 2 is 1.50 bits per heavy atom. The number of rotatable bonds is 5. The highest BCUT2D eigenvalue weighted by Gasteiger charge is 2.43. The number of nitrogens with zero attached hydrogens (tertiary/aromatic N) is 2. The Bertz CT molecular complexity index is 1320. The van der Waals surface area contributed by atoms with Gasteiger partial charge in [-0.25, -0.2) is 9.97 Å². The highest BCUT2D eigenvalue weighted by molar-refractivity contribution is 5.95. The van der Waals surface area contributed by atoms with Crippen molar-refractivity contribution in [2.45, 2.75) is 18.8 Å². The van der Waals surface area contributed by atoms with Crippen LogP contribution in [0.1, 0.15) is 22.3 Å². The molecular formula is C24H17F6N3O. The smallest absolute Gasteiger partial charge is 0.417 e. The highest BCUT2D eigenvalue weighted by Crippen LogP contribution is 2.42. The second kappa shape index (κ2) is 8.85. The number of alkyl halides is 6. The number of methoxy groups -OCH3 is 1. The van der Waals surface area contributed by atoms with Gasteiger partial charge in [-0.1, -0.05) is 30.3 Å². The summed E-state index contributed by atoms with van der Waals surface area (Å²) in [4.78, 5) is 8.51. The molecule has 0 unspecified atom stereocenters. The Labute approximate surface area is 190 Å². The van der Waals surface area contributed by atoms with Crippen LogP contribution in [0.3, 0.4) is 0 Å². The number of nitrogens with one attached hydrogen (secondary N) is 1. The average Bonchev–Trinajstić information content (AvgIpc) is 2.80. The molecule has 34 heavy (non-hydrogen) atoms. The fourth-order valence-electron chi connectivity index (χ4n) is 3.59. The van der Waals surface area contributed by atoms with Gasteiger partial charge in [0.2, 0.25) is 5.88 Å². The molecule has 0 atom stereocenters. The molecule has 0 aliphatic rings. The minimum absolute atomic E-state index is 0.162. The van der Waals surface area contributed by atoms with Gasteiger partial charge < -0.3 is 10.1 Å². The molecule has 0 saturated heterocycles. The van der Waals surface area contributed by atoms with E-state index in [1.54, 1.807) is 30.6 Å². The SMILES string of the molecule is COc1ccc(Cc2cnc(Nc3ccc(C(F)(F)F)c(C(F)(F)F)c3)c3ccccc23)cn1. The van der Waals surface area contributed by atoms with Gasteiger partial charge in [-0.3, -0.25) is 0 Å². The van der Waals surface area contributed by atoms with Gasteiger partial charge in [0.15, 0.2) is 0 Å². The fourth-order valence-corrected chi connectivity index (χ4v) is 3.59. The van der Waals surface area contributed by atoms with Crippen molar-refractivity contribution in [1.29, 1.82) is 0 Å². The van der Waals surface area contributed by atoms with Crippen molar-refractivity contribution in [1.82, 2.24) is 9.97 Å². The number of anilines is 2. The fraction of sp³-hybridized carbons (Fsp3) is 0.167. The molecule has 2 aromatic carbocycles. The van der Waals surface area contributed by atoms with Crippen molar-refractivity contribution >= 4 is 22.3 Å². The molecule has 4 aromatic rings. The van der Waals surface area contributed by atoms with E-state index in [0.717, 1.165) is 22.6 Å². The molecule has 0 aliphatic heterocycles. The van der Waals surface area contributed by atoms with Gasteiger partial charge in [0, 0.05) is 36.0 Å². The van der Waals surface area contributed by atoms with E-state index in [9.17, 15) is 26.3 Å². The third-order valence-electron chi connectivity index (χ3n) is 5.17. The summed E-state index contributed by atoms with van der Waals surface area (Å²) >= 11 is 0. The third-order valence-corrected chi connectivity index (χ3v) is 5.17. The van der Waals surface area contributed by atoms with Crippen molar-refractivity contribution in [3.8, 4) is 5.88 Å². The van der Waals surface area contributed by atoms with E-state index >= 15 is 0 Å². The van der Waals surface area contributed by atoms with E-state index in [1.807, 2.05) is 18.2 Å². The molecule has 0 spiro atoms.